The predicted molar refractivity (Wildman–Crippen MR) is 104 cm³/mol. The van der Waals surface area contributed by atoms with Crippen molar-refractivity contribution in [3.8, 4) is 9.88 Å². The highest BCUT2D eigenvalue weighted by Gasteiger charge is 2.27. The lowest BCUT2D eigenvalue weighted by Gasteiger charge is -2.30. The number of nitrogens with two attached hydrogens (primary N) is 1. The van der Waals surface area contributed by atoms with Crippen molar-refractivity contribution in [1.82, 2.24) is 10.3 Å². The Morgan fingerprint density at radius 1 is 1.39 bits per heavy atom. The number of hydrogen-bond acceptors (Lipinski definition) is 5. The van der Waals surface area contributed by atoms with Crippen LogP contribution in [0.2, 0.25) is 0 Å². The highest BCUT2D eigenvalue weighted by Crippen LogP contribution is 2.28. The lowest BCUT2D eigenvalue weighted by atomic mass is 9.90. The predicted octanol–water partition coefficient (Wildman–Crippen LogP) is 4.21. The van der Waals surface area contributed by atoms with Crippen molar-refractivity contribution in [2.45, 2.75) is 32.7 Å². The van der Waals surface area contributed by atoms with Crippen molar-refractivity contribution in [1.29, 1.82) is 0 Å². The standard InChI is InChI=1S/C15H21N3OS2.2ClH/c1-10(2)7-15(3,9-16)18-13(19)11-8-21-14(17-11)12-5-4-6-20-12;;/h4-6,8,10H,7,9,16H2,1-3H3,(H,18,19);2*1H. The zero-order valence-electron chi connectivity index (χ0n) is 13.4. The second-order valence-corrected chi connectivity index (χ2v) is 7.64. The molecule has 8 heteroatoms. The molecule has 3 N–H and O–H groups in total. The first kappa shape index (κ1) is 22.3. The molecule has 130 valence electrons. The molecule has 0 aliphatic rings. The van der Waals surface area contributed by atoms with E-state index in [1.165, 1.54) is 11.3 Å². The summed E-state index contributed by atoms with van der Waals surface area (Å²) in [5, 5.41) is 7.72. The Bertz CT molecular complexity index is 602. The van der Waals surface area contributed by atoms with Crippen molar-refractivity contribution in [3.63, 3.8) is 0 Å². The Morgan fingerprint density at radius 3 is 2.61 bits per heavy atom. The molecule has 4 nitrogen and oxygen atoms in total. The van der Waals surface area contributed by atoms with Crippen LogP contribution < -0.4 is 11.1 Å². The third-order valence-corrected chi connectivity index (χ3v) is 5.07. The molecular formula is C15H23Cl2N3OS2. The second kappa shape index (κ2) is 9.59. The molecule has 0 bridgehead atoms. The van der Waals surface area contributed by atoms with Gasteiger partial charge in [-0.15, -0.1) is 47.5 Å². The minimum Gasteiger partial charge on any atom is -0.344 e. The zero-order chi connectivity index (χ0) is 15.5. The number of aromatic nitrogens is 1. The smallest absolute Gasteiger partial charge is 0.271 e. The number of carbonyl (C=O) groups excluding carboxylic acids is 1. The second-order valence-electron chi connectivity index (χ2n) is 5.83. The van der Waals surface area contributed by atoms with Crippen molar-refractivity contribution < 1.29 is 4.79 Å². The maximum atomic E-state index is 12.4. The number of nitrogens with one attached hydrogen (secondary N) is 1. The molecule has 1 atom stereocenters. The summed E-state index contributed by atoms with van der Waals surface area (Å²) in [7, 11) is 0. The summed E-state index contributed by atoms with van der Waals surface area (Å²) < 4.78 is 0. The SMILES string of the molecule is CC(C)CC(C)(CN)NC(=O)c1csc(-c2cccs2)n1.Cl.Cl. The third kappa shape index (κ3) is 6.04. The van der Waals surface area contributed by atoms with Gasteiger partial charge in [-0.3, -0.25) is 4.79 Å². The molecule has 0 aliphatic carbocycles. The van der Waals surface area contributed by atoms with E-state index in [-0.39, 0.29) is 30.7 Å². The number of amides is 1. The summed E-state index contributed by atoms with van der Waals surface area (Å²) in [5.74, 6) is 0.318. The number of halogens is 2. The van der Waals surface area contributed by atoms with E-state index in [1.807, 2.05) is 24.4 Å². The largest absolute Gasteiger partial charge is 0.344 e. The van der Waals surface area contributed by atoms with Gasteiger partial charge in [-0.1, -0.05) is 19.9 Å². The van der Waals surface area contributed by atoms with Gasteiger partial charge in [-0.2, -0.15) is 0 Å². The number of hydrogen-bond donors (Lipinski definition) is 2. The molecule has 0 fully saturated rings. The topological polar surface area (TPSA) is 68.0 Å². The molecule has 1 unspecified atom stereocenters. The summed E-state index contributed by atoms with van der Waals surface area (Å²) in [6, 6.07) is 3.99. The van der Waals surface area contributed by atoms with Crippen LogP contribution in [-0.4, -0.2) is 23.0 Å². The van der Waals surface area contributed by atoms with E-state index in [0.29, 0.717) is 18.2 Å². The highest BCUT2D eigenvalue weighted by molar-refractivity contribution is 7.20. The monoisotopic (exact) mass is 395 g/mol. The molecule has 2 rings (SSSR count). The Labute approximate surface area is 157 Å². The summed E-state index contributed by atoms with van der Waals surface area (Å²) >= 11 is 3.11. The normalized spacial score (nSPS) is 12.9. The molecular weight excluding hydrogens is 373 g/mol. The summed E-state index contributed by atoms with van der Waals surface area (Å²) in [5.41, 5.74) is 5.91. The van der Waals surface area contributed by atoms with Crippen LogP contribution in [0.15, 0.2) is 22.9 Å². The van der Waals surface area contributed by atoms with Gasteiger partial charge >= 0.3 is 0 Å². The zero-order valence-corrected chi connectivity index (χ0v) is 16.6. The van der Waals surface area contributed by atoms with E-state index >= 15 is 0 Å². The van der Waals surface area contributed by atoms with Crippen LogP contribution in [0.1, 0.15) is 37.7 Å². The Morgan fingerprint density at radius 2 is 2.09 bits per heavy atom. The first-order valence-electron chi connectivity index (χ1n) is 6.95. The molecule has 2 heterocycles. The number of thiophene rings is 1. The van der Waals surface area contributed by atoms with Gasteiger partial charge in [0.15, 0.2) is 0 Å². The van der Waals surface area contributed by atoms with Gasteiger partial charge in [0.1, 0.15) is 10.7 Å². The van der Waals surface area contributed by atoms with Gasteiger partial charge in [-0.25, -0.2) is 4.98 Å². The van der Waals surface area contributed by atoms with Crippen LogP contribution in [0.25, 0.3) is 9.88 Å². The maximum Gasteiger partial charge on any atom is 0.271 e. The third-order valence-electron chi connectivity index (χ3n) is 3.19. The first-order valence-corrected chi connectivity index (χ1v) is 8.71. The molecule has 0 aliphatic heterocycles. The molecule has 23 heavy (non-hydrogen) atoms. The van der Waals surface area contributed by atoms with Gasteiger partial charge in [-0.05, 0) is 30.7 Å². The number of nitrogens with zero attached hydrogens (tertiary/aromatic N) is 1. The Hall–Kier alpha value is -0.660. The van der Waals surface area contributed by atoms with E-state index in [4.69, 9.17) is 5.73 Å². The van der Waals surface area contributed by atoms with Crippen molar-refractivity contribution in [3.05, 3.63) is 28.6 Å². The van der Waals surface area contributed by atoms with Crippen molar-refractivity contribution in [2.24, 2.45) is 11.7 Å². The van der Waals surface area contributed by atoms with E-state index in [2.05, 4.69) is 24.1 Å². The molecule has 1 amide bonds. The van der Waals surface area contributed by atoms with Crippen LogP contribution in [-0.2, 0) is 0 Å². The van der Waals surface area contributed by atoms with E-state index in [9.17, 15) is 4.79 Å². The van der Waals surface area contributed by atoms with E-state index in [0.717, 1.165) is 16.3 Å². The van der Waals surface area contributed by atoms with Crippen molar-refractivity contribution >= 4 is 53.4 Å². The summed E-state index contributed by atoms with van der Waals surface area (Å²) in [6.07, 6.45) is 0.844. The average Bonchev–Trinajstić information content (AvgIpc) is 3.08. The molecule has 0 saturated carbocycles. The van der Waals surface area contributed by atoms with Gasteiger partial charge in [0.05, 0.1) is 10.4 Å². The van der Waals surface area contributed by atoms with Crippen LogP contribution >= 0.6 is 47.5 Å². The molecule has 0 saturated heterocycles. The van der Waals surface area contributed by atoms with Crippen LogP contribution in [0.5, 0.6) is 0 Å². The summed E-state index contributed by atoms with van der Waals surface area (Å²) in [6.45, 7) is 6.64. The average molecular weight is 396 g/mol. The minimum atomic E-state index is -0.391. The number of thiazole rings is 1. The molecule has 0 aromatic carbocycles. The van der Waals surface area contributed by atoms with Crippen molar-refractivity contribution in [2.75, 3.05) is 6.54 Å². The Balaban J connectivity index is 0.00000242. The highest BCUT2D eigenvalue weighted by atomic mass is 35.5. The fraction of sp³-hybridized carbons (Fsp3) is 0.467. The molecule has 2 aromatic rings. The first-order chi connectivity index (χ1) is 9.93. The number of carbonyl (C=O) groups is 1. The summed E-state index contributed by atoms with van der Waals surface area (Å²) in [4.78, 5) is 17.9. The fourth-order valence-corrected chi connectivity index (χ4v) is 3.93. The fourth-order valence-electron chi connectivity index (χ4n) is 2.32. The molecule has 0 spiro atoms. The van der Waals surface area contributed by atoms with Gasteiger partial charge in [0, 0.05) is 11.9 Å². The van der Waals surface area contributed by atoms with Gasteiger partial charge < -0.3 is 11.1 Å². The lowest BCUT2D eigenvalue weighted by molar-refractivity contribution is 0.0894. The van der Waals surface area contributed by atoms with Gasteiger partial charge in [0.25, 0.3) is 5.91 Å². The number of rotatable bonds is 6. The lowest BCUT2D eigenvalue weighted by Crippen LogP contribution is -2.52. The van der Waals surface area contributed by atoms with Crippen LogP contribution in [0.3, 0.4) is 0 Å². The molecule has 0 radical (unpaired) electrons. The quantitative estimate of drug-likeness (QED) is 0.769. The van der Waals surface area contributed by atoms with Crippen LogP contribution in [0.4, 0.5) is 0 Å². The minimum absolute atomic E-state index is 0. The van der Waals surface area contributed by atoms with E-state index in [1.54, 1.807) is 16.7 Å². The van der Waals surface area contributed by atoms with Gasteiger partial charge in [0.2, 0.25) is 0 Å². The molecule has 2 aromatic heterocycles. The van der Waals surface area contributed by atoms with E-state index < -0.39 is 5.54 Å². The maximum absolute atomic E-state index is 12.4. The Kier molecular flexibility index (Phi) is 9.32. The van der Waals surface area contributed by atoms with Crippen LogP contribution in [0, 0.1) is 5.92 Å².